The Morgan fingerprint density at radius 2 is 2.25 bits per heavy atom. The Bertz CT molecular complexity index is 402. The first-order chi connectivity index (χ1) is 7.66. The summed E-state index contributed by atoms with van der Waals surface area (Å²) in [4.78, 5) is 11.1. The van der Waals surface area contributed by atoms with Crippen molar-refractivity contribution >= 4 is 17.5 Å². The zero-order chi connectivity index (χ0) is 12.0. The van der Waals surface area contributed by atoms with Gasteiger partial charge in [0.05, 0.1) is 10.6 Å². The number of halogens is 1. The number of amides is 1. The monoisotopic (exact) mass is 239 g/mol. The maximum atomic E-state index is 11.1. The van der Waals surface area contributed by atoms with E-state index in [2.05, 4.69) is 0 Å². The molecule has 1 amide bonds. The number of benzene rings is 1. The van der Waals surface area contributed by atoms with Crippen molar-refractivity contribution < 1.29 is 9.53 Å². The van der Waals surface area contributed by atoms with Gasteiger partial charge >= 0.3 is 0 Å². The molecule has 0 bridgehead atoms. The lowest BCUT2D eigenvalue weighted by Gasteiger charge is -2.09. The van der Waals surface area contributed by atoms with E-state index in [4.69, 9.17) is 22.1 Å². The second-order valence-electron chi connectivity index (χ2n) is 3.17. The second-order valence-corrected chi connectivity index (χ2v) is 3.58. The maximum Gasteiger partial charge on any atom is 0.252 e. The summed E-state index contributed by atoms with van der Waals surface area (Å²) in [6, 6.07) is 4.91. The number of hydrogen-bond acceptors (Lipinski definition) is 2. The third-order valence-corrected chi connectivity index (χ3v) is 2.26. The summed E-state index contributed by atoms with van der Waals surface area (Å²) >= 11 is 5.93. The summed E-state index contributed by atoms with van der Waals surface area (Å²) in [5, 5.41) is 0.390. The van der Waals surface area contributed by atoms with Gasteiger partial charge in [-0.05, 0) is 18.6 Å². The number of ether oxygens (including phenoxy) is 1. The third kappa shape index (κ3) is 3.28. The van der Waals surface area contributed by atoms with Crippen molar-refractivity contribution in [1.29, 1.82) is 0 Å². The molecule has 86 valence electrons. The van der Waals surface area contributed by atoms with Crippen molar-refractivity contribution in [2.45, 2.75) is 13.3 Å². The van der Waals surface area contributed by atoms with Gasteiger partial charge in [-0.3, -0.25) is 4.79 Å². The van der Waals surface area contributed by atoms with Crippen LogP contribution in [0.1, 0.15) is 23.7 Å². The summed E-state index contributed by atoms with van der Waals surface area (Å²) in [5.74, 6) is -0.200. The van der Waals surface area contributed by atoms with Gasteiger partial charge in [-0.1, -0.05) is 36.7 Å². The van der Waals surface area contributed by atoms with E-state index >= 15 is 0 Å². The maximum absolute atomic E-state index is 11.1. The summed E-state index contributed by atoms with van der Waals surface area (Å²) in [6.45, 7) is 2.40. The van der Waals surface area contributed by atoms with E-state index in [0.29, 0.717) is 22.9 Å². The minimum Gasteiger partial charge on any atom is -0.487 e. The highest BCUT2D eigenvalue weighted by atomic mass is 35.5. The smallest absolute Gasteiger partial charge is 0.252 e. The Balaban J connectivity index is 2.84. The van der Waals surface area contributed by atoms with Crippen LogP contribution in [0.2, 0.25) is 5.02 Å². The van der Waals surface area contributed by atoms with Gasteiger partial charge in [0.25, 0.3) is 5.91 Å². The minimum absolute atomic E-state index is 0.303. The Kier molecular flexibility index (Phi) is 4.86. The molecule has 0 radical (unpaired) electrons. The predicted octanol–water partition coefficient (Wildman–Crippen LogP) is 2.78. The van der Waals surface area contributed by atoms with Gasteiger partial charge in [0.1, 0.15) is 6.61 Å². The van der Waals surface area contributed by atoms with Gasteiger partial charge in [-0.15, -0.1) is 0 Å². The van der Waals surface area contributed by atoms with E-state index < -0.39 is 5.91 Å². The number of para-hydroxylation sites is 1. The summed E-state index contributed by atoms with van der Waals surface area (Å²) in [6.07, 6.45) is 4.78. The first kappa shape index (κ1) is 12.6. The molecule has 1 aromatic carbocycles. The number of hydrogen-bond donors (Lipinski definition) is 1. The fourth-order valence-corrected chi connectivity index (χ4v) is 1.44. The minimum atomic E-state index is -0.544. The Morgan fingerprint density at radius 1 is 1.50 bits per heavy atom. The SMILES string of the molecule is CCC=CCOc1c(Cl)cccc1C(N)=O. The second kappa shape index (κ2) is 6.18. The average Bonchev–Trinajstić information content (AvgIpc) is 2.25. The average molecular weight is 240 g/mol. The van der Waals surface area contributed by atoms with Crippen LogP contribution >= 0.6 is 11.6 Å². The molecule has 3 nitrogen and oxygen atoms in total. The van der Waals surface area contributed by atoms with E-state index in [0.717, 1.165) is 6.42 Å². The van der Waals surface area contributed by atoms with E-state index in [-0.39, 0.29) is 0 Å². The Labute approximate surface area is 99.8 Å². The number of primary amides is 1. The standard InChI is InChI=1S/C12H14ClNO2/c1-2-3-4-8-16-11-9(12(14)15)6-5-7-10(11)13/h3-7H,2,8H2,1H3,(H2,14,15). The van der Waals surface area contributed by atoms with E-state index in [9.17, 15) is 4.79 Å². The first-order valence-corrected chi connectivity index (χ1v) is 5.40. The number of allylic oxidation sites excluding steroid dienone is 1. The van der Waals surface area contributed by atoms with Crippen LogP contribution in [-0.4, -0.2) is 12.5 Å². The molecule has 0 atom stereocenters. The molecule has 1 rings (SSSR count). The molecular formula is C12H14ClNO2. The summed E-state index contributed by atoms with van der Waals surface area (Å²) in [7, 11) is 0. The van der Waals surface area contributed by atoms with Gasteiger partial charge in [0.15, 0.2) is 5.75 Å². The third-order valence-electron chi connectivity index (χ3n) is 1.96. The van der Waals surface area contributed by atoms with Crippen LogP contribution in [0.4, 0.5) is 0 Å². The summed E-state index contributed by atoms with van der Waals surface area (Å²) < 4.78 is 5.41. The van der Waals surface area contributed by atoms with E-state index in [1.807, 2.05) is 19.1 Å². The lowest BCUT2D eigenvalue weighted by atomic mass is 10.2. The molecule has 0 aliphatic heterocycles. The van der Waals surface area contributed by atoms with Crippen molar-refractivity contribution in [2.24, 2.45) is 5.73 Å². The number of nitrogens with two attached hydrogens (primary N) is 1. The fourth-order valence-electron chi connectivity index (χ4n) is 1.22. The van der Waals surface area contributed by atoms with Crippen molar-refractivity contribution in [3.63, 3.8) is 0 Å². The van der Waals surface area contributed by atoms with Crippen molar-refractivity contribution in [3.8, 4) is 5.75 Å². The number of carbonyl (C=O) groups is 1. The van der Waals surface area contributed by atoms with Gasteiger partial charge in [-0.2, -0.15) is 0 Å². The van der Waals surface area contributed by atoms with Crippen LogP contribution in [0, 0.1) is 0 Å². The molecular weight excluding hydrogens is 226 g/mol. The molecule has 0 spiro atoms. The molecule has 4 heteroatoms. The highest BCUT2D eigenvalue weighted by Gasteiger charge is 2.11. The molecule has 0 aromatic heterocycles. The quantitative estimate of drug-likeness (QED) is 0.804. The van der Waals surface area contributed by atoms with Gasteiger partial charge in [0, 0.05) is 0 Å². The zero-order valence-electron chi connectivity index (χ0n) is 9.07. The van der Waals surface area contributed by atoms with E-state index in [1.165, 1.54) is 0 Å². The molecule has 2 N–H and O–H groups in total. The fraction of sp³-hybridized carbons (Fsp3) is 0.250. The molecule has 16 heavy (non-hydrogen) atoms. The zero-order valence-corrected chi connectivity index (χ0v) is 9.83. The Morgan fingerprint density at radius 3 is 2.88 bits per heavy atom. The summed E-state index contributed by atoms with van der Waals surface area (Å²) in [5.41, 5.74) is 5.52. The normalized spacial score (nSPS) is 10.6. The lowest BCUT2D eigenvalue weighted by Crippen LogP contribution is -2.13. The topological polar surface area (TPSA) is 52.3 Å². The Hall–Kier alpha value is -1.48. The highest BCUT2D eigenvalue weighted by Crippen LogP contribution is 2.28. The van der Waals surface area contributed by atoms with Gasteiger partial charge in [-0.25, -0.2) is 0 Å². The molecule has 0 fully saturated rings. The van der Waals surface area contributed by atoms with Crippen LogP contribution in [0.5, 0.6) is 5.75 Å². The van der Waals surface area contributed by atoms with Crippen LogP contribution in [-0.2, 0) is 0 Å². The van der Waals surface area contributed by atoms with E-state index in [1.54, 1.807) is 18.2 Å². The molecule has 0 aliphatic rings. The highest BCUT2D eigenvalue weighted by molar-refractivity contribution is 6.32. The number of carbonyl (C=O) groups excluding carboxylic acids is 1. The van der Waals surface area contributed by atoms with Gasteiger partial charge < -0.3 is 10.5 Å². The molecule has 0 saturated carbocycles. The molecule has 1 aromatic rings. The predicted molar refractivity (Wildman–Crippen MR) is 64.9 cm³/mol. The molecule has 0 aliphatic carbocycles. The lowest BCUT2D eigenvalue weighted by molar-refractivity contribution is 0.0997. The van der Waals surface area contributed by atoms with Crippen LogP contribution in [0.3, 0.4) is 0 Å². The molecule has 0 heterocycles. The van der Waals surface area contributed by atoms with Crippen molar-refractivity contribution in [2.75, 3.05) is 6.61 Å². The van der Waals surface area contributed by atoms with Crippen molar-refractivity contribution in [1.82, 2.24) is 0 Å². The van der Waals surface area contributed by atoms with Crippen molar-refractivity contribution in [3.05, 3.63) is 40.9 Å². The van der Waals surface area contributed by atoms with Crippen LogP contribution < -0.4 is 10.5 Å². The molecule has 0 unspecified atom stereocenters. The molecule has 0 saturated heterocycles. The van der Waals surface area contributed by atoms with Crippen LogP contribution in [0.15, 0.2) is 30.4 Å². The van der Waals surface area contributed by atoms with Gasteiger partial charge in [0.2, 0.25) is 0 Å². The largest absolute Gasteiger partial charge is 0.487 e. The van der Waals surface area contributed by atoms with Crippen LogP contribution in [0.25, 0.3) is 0 Å². The first-order valence-electron chi connectivity index (χ1n) is 5.03. The number of rotatable bonds is 5.